The molecule has 5 nitrogen and oxygen atoms in total. The second kappa shape index (κ2) is 6.18. The fraction of sp³-hybridized carbons (Fsp3) is 0.769. The van der Waals surface area contributed by atoms with Crippen molar-refractivity contribution in [2.24, 2.45) is 11.3 Å². The van der Waals surface area contributed by atoms with Crippen LogP contribution in [0.3, 0.4) is 0 Å². The second-order valence-corrected chi connectivity index (χ2v) is 11.2. The van der Waals surface area contributed by atoms with Crippen LogP contribution in [-0.2, 0) is 16.6 Å². The lowest BCUT2D eigenvalue weighted by Crippen LogP contribution is -2.82. The summed E-state index contributed by atoms with van der Waals surface area (Å²) in [5.41, 5.74) is 1.66. The van der Waals surface area contributed by atoms with E-state index in [9.17, 15) is 5.11 Å². The van der Waals surface area contributed by atoms with Crippen LogP contribution in [0.2, 0.25) is 0 Å². The minimum atomic E-state index is -0.769. The van der Waals surface area contributed by atoms with E-state index in [0.29, 0.717) is 6.04 Å². The van der Waals surface area contributed by atoms with Gasteiger partial charge in [0.2, 0.25) is 0 Å². The summed E-state index contributed by atoms with van der Waals surface area (Å²) in [5.74, 6) is 1.86. The van der Waals surface area contributed by atoms with Gasteiger partial charge >= 0.3 is 0 Å². The molecular formula is C26H37NO4. The van der Waals surface area contributed by atoms with Crippen LogP contribution in [0, 0.1) is 11.3 Å². The van der Waals surface area contributed by atoms with Crippen molar-refractivity contribution < 1.29 is 19.3 Å². The summed E-state index contributed by atoms with van der Waals surface area (Å²) in [6, 6.07) is 4.84. The smallest absolute Gasteiger partial charge is 0.165 e. The van der Waals surface area contributed by atoms with E-state index in [4.69, 9.17) is 14.2 Å². The van der Waals surface area contributed by atoms with Crippen LogP contribution < -0.4 is 9.47 Å². The number of nitrogens with zero attached hydrogens (tertiary/aromatic N) is 1. The maximum Gasteiger partial charge on any atom is 0.165 e. The molecule has 31 heavy (non-hydrogen) atoms. The molecule has 0 amide bonds. The van der Waals surface area contributed by atoms with E-state index < -0.39 is 11.2 Å². The third-order valence-electron chi connectivity index (χ3n) is 10.3. The van der Waals surface area contributed by atoms with Crippen molar-refractivity contribution in [1.82, 2.24) is 4.90 Å². The number of likely N-dealkylation sites (tertiary alicyclic amines) is 1. The zero-order valence-electron chi connectivity index (χ0n) is 19.7. The summed E-state index contributed by atoms with van der Waals surface area (Å²) in [6.07, 6.45) is 6.95. The molecule has 1 aromatic carbocycles. The fourth-order valence-corrected chi connectivity index (χ4v) is 9.24. The number of hydrogen-bond donors (Lipinski definition) is 1. The summed E-state index contributed by atoms with van der Waals surface area (Å²) >= 11 is 0. The number of ether oxygens (including phenoxy) is 3. The lowest BCUT2D eigenvalue weighted by Gasteiger charge is -2.74. The van der Waals surface area contributed by atoms with Gasteiger partial charge in [-0.25, -0.2) is 0 Å². The van der Waals surface area contributed by atoms with E-state index in [1.165, 1.54) is 11.1 Å². The molecule has 1 N–H and O–H groups in total. The molecule has 1 aromatic rings. The lowest BCUT2D eigenvalue weighted by atomic mass is 9.33. The third kappa shape index (κ3) is 2.06. The number of aliphatic hydroxyl groups is 1. The number of methoxy groups -OCH3 is 2. The molecule has 5 heteroatoms. The first-order chi connectivity index (χ1) is 14.8. The Hall–Kier alpha value is -1.30. The van der Waals surface area contributed by atoms with Crippen LogP contribution in [-0.4, -0.2) is 61.2 Å². The van der Waals surface area contributed by atoms with Crippen molar-refractivity contribution in [3.05, 3.63) is 23.3 Å². The zero-order valence-corrected chi connectivity index (χ0v) is 19.7. The van der Waals surface area contributed by atoms with E-state index in [0.717, 1.165) is 63.0 Å². The Labute approximate surface area is 186 Å². The van der Waals surface area contributed by atoms with Gasteiger partial charge in [-0.15, -0.1) is 0 Å². The summed E-state index contributed by atoms with van der Waals surface area (Å²) in [4.78, 5) is 2.60. The number of likely N-dealkylation sites (N-methyl/N-ethyl adjacent to an activating group) is 1. The van der Waals surface area contributed by atoms with E-state index >= 15 is 0 Å². The second-order valence-electron chi connectivity index (χ2n) is 11.2. The topological polar surface area (TPSA) is 51.2 Å². The summed E-state index contributed by atoms with van der Waals surface area (Å²) < 4.78 is 19.3. The fourth-order valence-electron chi connectivity index (χ4n) is 9.24. The number of hydrogen-bond acceptors (Lipinski definition) is 5. The van der Waals surface area contributed by atoms with Gasteiger partial charge in [-0.3, -0.25) is 0 Å². The Bertz CT molecular complexity index is 930. The van der Waals surface area contributed by atoms with Crippen molar-refractivity contribution in [2.75, 3.05) is 27.8 Å². The molecule has 6 aliphatic rings. The average molecular weight is 428 g/mol. The lowest BCUT2D eigenvalue weighted by molar-refractivity contribution is -0.301. The Balaban J connectivity index is 1.64. The number of piperidine rings is 1. The van der Waals surface area contributed by atoms with Gasteiger partial charge in [0.1, 0.15) is 11.7 Å². The zero-order chi connectivity index (χ0) is 21.8. The van der Waals surface area contributed by atoms with Crippen LogP contribution in [0.4, 0.5) is 0 Å². The van der Waals surface area contributed by atoms with Gasteiger partial charge in [0.15, 0.2) is 11.5 Å². The highest BCUT2D eigenvalue weighted by Gasteiger charge is 2.81. The van der Waals surface area contributed by atoms with E-state index in [1.54, 1.807) is 7.11 Å². The largest absolute Gasteiger partial charge is 0.493 e. The predicted molar refractivity (Wildman–Crippen MR) is 119 cm³/mol. The molecule has 7 atom stereocenters. The van der Waals surface area contributed by atoms with Crippen LogP contribution in [0.15, 0.2) is 12.1 Å². The summed E-state index contributed by atoms with van der Waals surface area (Å²) in [7, 11) is 5.90. The Morgan fingerprint density at radius 3 is 2.77 bits per heavy atom. The highest BCUT2D eigenvalue weighted by Crippen LogP contribution is 2.77. The van der Waals surface area contributed by atoms with Gasteiger partial charge in [-0.1, -0.05) is 19.4 Å². The quantitative estimate of drug-likeness (QED) is 0.777. The first kappa shape index (κ1) is 20.3. The summed E-state index contributed by atoms with van der Waals surface area (Å²) in [5, 5.41) is 11.8. The standard InChI is InChI=1S/C26H37NO4/c1-6-9-23(2,28)18-15-24-10-11-26(18,30-5)22-25(24)12-13-27(3)19(24)14-16-7-8-17(29-4)21(31-22)20(16)25/h7-8,18-19,22,28H,6,9-15H2,1-5H3/t18?,19-,22?,23+,24-,25+,26-/m1/s1. The molecule has 3 saturated carbocycles. The SMILES string of the molecule is CCC[C@](C)(O)C1C[C@@]23CC[C@]1(OC)C1Oc4c(OC)ccc5c4[C@@]12CCN(C)[C@@H]3C5. The van der Waals surface area contributed by atoms with Crippen LogP contribution in [0.1, 0.15) is 63.5 Å². The maximum absolute atomic E-state index is 11.8. The molecule has 2 heterocycles. The highest BCUT2D eigenvalue weighted by atomic mass is 16.6. The van der Waals surface area contributed by atoms with E-state index in [1.807, 2.05) is 14.0 Å². The number of rotatable bonds is 5. The van der Waals surface area contributed by atoms with Gasteiger partial charge in [-0.05, 0) is 70.7 Å². The minimum absolute atomic E-state index is 0.0469. The monoisotopic (exact) mass is 427 g/mol. The molecule has 2 aliphatic heterocycles. The molecule has 2 unspecified atom stereocenters. The Kier molecular flexibility index (Phi) is 4.05. The molecule has 170 valence electrons. The molecule has 7 rings (SSSR count). The third-order valence-corrected chi connectivity index (χ3v) is 10.3. The van der Waals surface area contributed by atoms with Gasteiger partial charge in [0.05, 0.1) is 12.7 Å². The molecule has 0 radical (unpaired) electrons. The molecular weight excluding hydrogens is 390 g/mol. The maximum atomic E-state index is 11.8. The van der Waals surface area contributed by atoms with Gasteiger partial charge in [0.25, 0.3) is 0 Å². The van der Waals surface area contributed by atoms with Crippen LogP contribution >= 0.6 is 0 Å². The molecule has 4 bridgehead atoms. The van der Waals surface area contributed by atoms with Gasteiger partial charge < -0.3 is 24.2 Å². The van der Waals surface area contributed by atoms with Crippen molar-refractivity contribution in [3.8, 4) is 11.5 Å². The normalized spacial score (nSPS) is 43.9. The summed E-state index contributed by atoms with van der Waals surface area (Å²) in [6.45, 7) is 5.29. The predicted octanol–water partition coefficient (Wildman–Crippen LogP) is 3.69. The van der Waals surface area contributed by atoms with Crippen molar-refractivity contribution in [1.29, 1.82) is 0 Å². The van der Waals surface area contributed by atoms with Crippen molar-refractivity contribution in [3.63, 3.8) is 0 Å². The minimum Gasteiger partial charge on any atom is -0.493 e. The van der Waals surface area contributed by atoms with Crippen LogP contribution in [0.25, 0.3) is 0 Å². The molecule has 4 aliphatic carbocycles. The van der Waals surface area contributed by atoms with Crippen LogP contribution in [0.5, 0.6) is 11.5 Å². The molecule has 1 saturated heterocycles. The number of benzene rings is 1. The Morgan fingerprint density at radius 2 is 2.06 bits per heavy atom. The van der Waals surface area contributed by atoms with Gasteiger partial charge in [0, 0.05) is 35.5 Å². The van der Waals surface area contributed by atoms with Crippen molar-refractivity contribution in [2.45, 2.75) is 87.6 Å². The molecule has 4 fully saturated rings. The number of fused-ring (bicyclic) bond motifs is 2. The van der Waals surface area contributed by atoms with E-state index in [-0.39, 0.29) is 22.9 Å². The van der Waals surface area contributed by atoms with E-state index in [2.05, 4.69) is 31.0 Å². The highest BCUT2D eigenvalue weighted by molar-refractivity contribution is 5.63. The average Bonchev–Trinajstić information content (AvgIpc) is 3.13. The van der Waals surface area contributed by atoms with Crippen molar-refractivity contribution >= 4 is 0 Å². The first-order valence-corrected chi connectivity index (χ1v) is 12.2. The molecule has 0 aromatic heterocycles. The van der Waals surface area contributed by atoms with Gasteiger partial charge in [-0.2, -0.15) is 0 Å². The first-order valence-electron chi connectivity index (χ1n) is 12.2. The molecule has 2 spiro atoms. The Morgan fingerprint density at radius 1 is 1.26 bits per heavy atom.